The molecule has 0 aliphatic carbocycles. The molecule has 120 valence electrons. The van der Waals surface area contributed by atoms with E-state index in [9.17, 15) is 0 Å². The minimum Gasteiger partial charge on any atom is -0.356 e. The van der Waals surface area contributed by atoms with E-state index in [4.69, 9.17) is 4.52 Å². The number of hydrogen-bond donors (Lipinski definition) is 2. The Bertz CT molecular complexity index is 570. The van der Waals surface area contributed by atoms with Crippen molar-refractivity contribution in [3.8, 4) is 0 Å². The molecule has 0 saturated heterocycles. The van der Waals surface area contributed by atoms with Crippen LogP contribution < -0.4 is 10.6 Å². The van der Waals surface area contributed by atoms with E-state index in [2.05, 4.69) is 37.9 Å². The van der Waals surface area contributed by atoms with Gasteiger partial charge in [0.15, 0.2) is 11.8 Å². The predicted octanol–water partition coefficient (Wildman–Crippen LogP) is 2.29. The molecule has 0 saturated carbocycles. The molecule has 0 atom stereocenters. The average molecular weight is 415 g/mol. The summed E-state index contributed by atoms with van der Waals surface area (Å²) in [4.78, 5) is 8.37. The average Bonchev–Trinajstić information content (AvgIpc) is 2.93. The fourth-order valence-electron chi connectivity index (χ4n) is 1.89. The Labute approximate surface area is 147 Å². The molecule has 0 aliphatic rings. The van der Waals surface area contributed by atoms with Gasteiger partial charge in [0.2, 0.25) is 5.89 Å². The second-order valence-electron chi connectivity index (χ2n) is 4.68. The molecule has 22 heavy (non-hydrogen) atoms. The molecule has 2 rings (SSSR count). The highest BCUT2D eigenvalue weighted by molar-refractivity contribution is 14.0. The lowest BCUT2D eigenvalue weighted by molar-refractivity contribution is 0.372. The van der Waals surface area contributed by atoms with E-state index >= 15 is 0 Å². The number of rotatable bonds is 6. The Morgan fingerprint density at radius 3 is 2.64 bits per heavy atom. The lowest BCUT2D eigenvalue weighted by atomic mass is 10.2. The number of nitrogens with one attached hydrogen (secondary N) is 2. The maximum Gasteiger partial charge on any atom is 0.226 e. The Morgan fingerprint density at radius 1 is 1.23 bits per heavy atom. The first-order chi connectivity index (χ1) is 10.3. The molecule has 6 nitrogen and oxygen atoms in total. The first-order valence-corrected chi connectivity index (χ1v) is 7.05. The molecule has 0 amide bonds. The van der Waals surface area contributed by atoms with Gasteiger partial charge in [-0.25, -0.2) is 0 Å². The fraction of sp³-hybridized carbons (Fsp3) is 0.400. The summed E-state index contributed by atoms with van der Waals surface area (Å²) >= 11 is 0. The zero-order valence-corrected chi connectivity index (χ0v) is 15.2. The highest BCUT2D eigenvalue weighted by Crippen LogP contribution is 1.99. The molecule has 0 fully saturated rings. The third-order valence-corrected chi connectivity index (χ3v) is 2.96. The number of aliphatic imine (C=N–C) groups is 1. The van der Waals surface area contributed by atoms with Gasteiger partial charge in [0, 0.05) is 26.6 Å². The second kappa shape index (κ2) is 10.1. The lowest BCUT2D eigenvalue weighted by Crippen LogP contribution is -2.37. The van der Waals surface area contributed by atoms with Crippen LogP contribution in [0.2, 0.25) is 0 Å². The Morgan fingerprint density at radius 2 is 2.00 bits per heavy atom. The van der Waals surface area contributed by atoms with Crippen molar-refractivity contribution < 1.29 is 4.52 Å². The molecule has 7 heteroatoms. The van der Waals surface area contributed by atoms with Gasteiger partial charge in [-0.3, -0.25) is 4.99 Å². The van der Waals surface area contributed by atoms with Gasteiger partial charge in [0.25, 0.3) is 0 Å². The van der Waals surface area contributed by atoms with Crippen molar-refractivity contribution in [1.29, 1.82) is 0 Å². The summed E-state index contributed by atoms with van der Waals surface area (Å²) in [5, 5.41) is 10.3. The van der Waals surface area contributed by atoms with Gasteiger partial charge < -0.3 is 15.2 Å². The summed E-state index contributed by atoms with van der Waals surface area (Å²) < 4.78 is 5.07. The first kappa shape index (κ1) is 18.4. The Kier molecular flexibility index (Phi) is 8.49. The summed E-state index contributed by atoms with van der Waals surface area (Å²) in [5.74, 6) is 2.15. The van der Waals surface area contributed by atoms with Crippen molar-refractivity contribution in [2.75, 3.05) is 13.6 Å². The van der Waals surface area contributed by atoms with Crippen molar-refractivity contribution in [1.82, 2.24) is 20.8 Å². The van der Waals surface area contributed by atoms with Crippen molar-refractivity contribution in [2.45, 2.75) is 26.3 Å². The van der Waals surface area contributed by atoms with Crippen LogP contribution in [0.3, 0.4) is 0 Å². The van der Waals surface area contributed by atoms with Crippen LogP contribution in [0, 0.1) is 6.92 Å². The maximum absolute atomic E-state index is 5.07. The van der Waals surface area contributed by atoms with Crippen LogP contribution in [0.5, 0.6) is 0 Å². The van der Waals surface area contributed by atoms with Gasteiger partial charge in [0.05, 0.1) is 0 Å². The van der Waals surface area contributed by atoms with Gasteiger partial charge >= 0.3 is 0 Å². The van der Waals surface area contributed by atoms with Crippen LogP contribution in [0.1, 0.15) is 23.7 Å². The third kappa shape index (κ3) is 6.42. The molecule has 0 radical (unpaired) electrons. The zero-order chi connectivity index (χ0) is 14.9. The second-order valence-corrected chi connectivity index (χ2v) is 4.68. The summed E-state index contributed by atoms with van der Waals surface area (Å²) in [5.41, 5.74) is 1.22. The highest BCUT2D eigenvalue weighted by atomic mass is 127. The van der Waals surface area contributed by atoms with Crippen molar-refractivity contribution in [2.24, 2.45) is 4.99 Å². The molecule has 1 heterocycles. The number of guanidine groups is 1. The first-order valence-electron chi connectivity index (χ1n) is 7.05. The largest absolute Gasteiger partial charge is 0.356 e. The molecule has 2 N–H and O–H groups in total. The fourth-order valence-corrected chi connectivity index (χ4v) is 1.89. The number of nitrogens with zero attached hydrogens (tertiary/aromatic N) is 3. The van der Waals surface area contributed by atoms with Crippen molar-refractivity contribution >= 4 is 29.9 Å². The Balaban J connectivity index is 0.00000242. The van der Waals surface area contributed by atoms with Crippen LogP contribution in [-0.4, -0.2) is 29.7 Å². The normalized spacial score (nSPS) is 10.9. The maximum atomic E-state index is 5.07. The standard InChI is InChI=1S/C15H21N5O.HI/c1-12-19-14(21-20-12)9-6-10-17-15(16-2)18-11-13-7-4-3-5-8-13;/h3-5,7-8H,6,9-11H2,1-2H3,(H2,16,17,18);1H. The number of hydrogen-bond acceptors (Lipinski definition) is 4. The van der Waals surface area contributed by atoms with Gasteiger partial charge in [-0.05, 0) is 18.9 Å². The van der Waals surface area contributed by atoms with Gasteiger partial charge in [0.1, 0.15) is 0 Å². The molecule has 0 bridgehead atoms. The van der Waals surface area contributed by atoms with Crippen LogP contribution in [0.4, 0.5) is 0 Å². The van der Waals surface area contributed by atoms with Crippen LogP contribution >= 0.6 is 24.0 Å². The van der Waals surface area contributed by atoms with Gasteiger partial charge in [-0.2, -0.15) is 4.98 Å². The van der Waals surface area contributed by atoms with E-state index in [1.807, 2.05) is 25.1 Å². The zero-order valence-electron chi connectivity index (χ0n) is 12.9. The summed E-state index contributed by atoms with van der Waals surface area (Å²) in [6.07, 6.45) is 1.68. The minimum atomic E-state index is 0. The number of halogens is 1. The molecule has 0 unspecified atom stereocenters. The molecule has 1 aromatic carbocycles. The van der Waals surface area contributed by atoms with Gasteiger partial charge in [-0.15, -0.1) is 24.0 Å². The highest BCUT2D eigenvalue weighted by Gasteiger charge is 2.02. The Hall–Kier alpha value is -1.64. The summed E-state index contributed by atoms with van der Waals surface area (Å²) in [6.45, 7) is 3.37. The van der Waals surface area contributed by atoms with Crippen LogP contribution in [0.15, 0.2) is 39.8 Å². The van der Waals surface area contributed by atoms with Crippen molar-refractivity contribution in [3.05, 3.63) is 47.6 Å². The van der Waals surface area contributed by atoms with E-state index in [-0.39, 0.29) is 24.0 Å². The van der Waals surface area contributed by atoms with Crippen LogP contribution in [0.25, 0.3) is 0 Å². The third-order valence-electron chi connectivity index (χ3n) is 2.96. The quantitative estimate of drug-likeness (QED) is 0.328. The van der Waals surface area contributed by atoms with E-state index in [1.165, 1.54) is 5.56 Å². The predicted molar refractivity (Wildman–Crippen MR) is 97.4 cm³/mol. The van der Waals surface area contributed by atoms with E-state index in [0.29, 0.717) is 11.7 Å². The summed E-state index contributed by atoms with van der Waals surface area (Å²) in [6, 6.07) is 10.2. The molecule has 0 spiro atoms. The topological polar surface area (TPSA) is 75.3 Å². The molecule has 1 aromatic heterocycles. The van der Waals surface area contributed by atoms with Crippen molar-refractivity contribution in [3.63, 3.8) is 0 Å². The number of aryl methyl sites for hydroxylation is 2. The van der Waals surface area contributed by atoms with Crippen LogP contribution in [-0.2, 0) is 13.0 Å². The number of benzene rings is 1. The minimum absolute atomic E-state index is 0. The SMILES string of the molecule is CN=C(NCCCc1nc(C)no1)NCc1ccccc1.I. The monoisotopic (exact) mass is 415 g/mol. The molecule has 2 aromatic rings. The molecular formula is C15H22IN5O. The smallest absolute Gasteiger partial charge is 0.226 e. The molecule has 0 aliphatic heterocycles. The number of aromatic nitrogens is 2. The molecular weight excluding hydrogens is 393 g/mol. The lowest BCUT2D eigenvalue weighted by Gasteiger charge is -2.11. The van der Waals surface area contributed by atoms with E-state index < -0.39 is 0 Å². The van der Waals surface area contributed by atoms with E-state index in [1.54, 1.807) is 7.05 Å². The summed E-state index contributed by atoms with van der Waals surface area (Å²) in [7, 11) is 1.77. The van der Waals surface area contributed by atoms with E-state index in [0.717, 1.165) is 31.9 Å². The van der Waals surface area contributed by atoms with Gasteiger partial charge in [-0.1, -0.05) is 35.5 Å².